The van der Waals surface area contributed by atoms with Gasteiger partial charge in [0.2, 0.25) is 5.91 Å². The Morgan fingerprint density at radius 1 is 0.871 bits per heavy atom. The van der Waals surface area contributed by atoms with Gasteiger partial charge in [-0.05, 0) is 35.2 Å². The molecule has 1 aliphatic rings. The largest absolute Gasteiger partial charge is 0.273 e. The van der Waals surface area contributed by atoms with Crippen molar-refractivity contribution >= 4 is 22.7 Å². The first kappa shape index (κ1) is 19.1. The van der Waals surface area contributed by atoms with Crippen molar-refractivity contribution in [2.24, 2.45) is 5.10 Å². The highest BCUT2D eigenvalue weighted by atomic mass is 16.2. The van der Waals surface area contributed by atoms with Gasteiger partial charge in [-0.2, -0.15) is 5.10 Å². The maximum atomic E-state index is 13.2. The number of hydrogen-bond donors (Lipinski definition) is 0. The van der Waals surface area contributed by atoms with Crippen LogP contribution in [0.3, 0.4) is 0 Å². The number of hydrazone groups is 1. The van der Waals surface area contributed by atoms with Crippen LogP contribution >= 0.6 is 0 Å². The number of rotatable bonds is 5. The van der Waals surface area contributed by atoms with E-state index >= 15 is 0 Å². The topological polar surface area (TPSA) is 58.5 Å². The fourth-order valence-electron chi connectivity index (χ4n) is 4.00. The SMILES string of the molecule is O=C(CCc1ccccc1)N1N=C(c2ccccc2)C[C@@H]1c1ccc2nccnc2c1. The van der Waals surface area contributed by atoms with Crippen LogP contribution in [-0.4, -0.2) is 26.6 Å². The number of aromatic nitrogens is 2. The molecule has 0 aliphatic carbocycles. The van der Waals surface area contributed by atoms with Crippen molar-refractivity contribution in [3.63, 3.8) is 0 Å². The Balaban J connectivity index is 1.45. The summed E-state index contributed by atoms with van der Waals surface area (Å²) in [7, 11) is 0. The van der Waals surface area contributed by atoms with E-state index in [1.165, 1.54) is 0 Å². The predicted octanol–water partition coefficient (Wildman–Crippen LogP) is 4.94. The van der Waals surface area contributed by atoms with E-state index in [1.807, 2.05) is 66.7 Å². The molecular weight excluding hydrogens is 384 g/mol. The van der Waals surface area contributed by atoms with Crippen molar-refractivity contribution in [2.45, 2.75) is 25.3 Å². The van der Waals surface area contributed by atoms with Gasteiger partial charge in [-0.15, -0.1) is 0 Å². The van der Waals surface area contributed by atoms with Gasteiger partial charge in [0, 0.05) is 25.2 Å². The first-order chi connectivity index (χ1) is 15.3. The third kappa shape index (κ3) is 4.08. The summed E-state index contributed by atoms with van der Waals surface area (Å²) < 4.78 is 0. The molecule has 5 nitrogen and oxygen atoms in total. The summed E-state index contributed by atoms with van der Waals surface area (Å²) in [5.41, 5.74) is 5.82. The average molecular weight is 406 g/mol. The Bertz CT molecular complexity index is 1240. The number of carbonyl (C=O) groups is 1. The molecule has 31 heavy (non-hydrogen) atoms. The van der Waals surface area contributed by atoms with Gasteiger partial charge in [0.15, 0.2) is 0 Å². The van der Waals surface area contributed by atoms with Gasteiger partial charge in [-0.25, -0.2) is 5.01 Å². The summed E-state index contributed by atoms with van der Waals surface area (Å²) in [6.07, 6.45) is 5.16. The zero-order valence-corrected chi connectivity index (χ0v) is 17.1. The van der Waals surface area contributed by atoms with E-state index in [-0.39, 0.29) is 11.9 Å². The van der Waals surface area contributed by atoms with Crippen LogP contribution in [0.1, 0.15) is 35.6 Å². The highest BCUT2D eigenvalue weighted by molar-refractivity contribution is 6.03. The summed E-state index contributed by atoms with van der Waals surface area (Å²) in [5, 5.41) is 6.44. The second-order valence-electron chi connectivity index (χ2n) is 7.66. The van der Waals surface area contributed by atoms with Crippen LogP contribution in [0.4, 0.5) is 0 Å². The minimum atomic E-state index is -0.148. The molecule has 0 radical (unpaired) electrons. The zero-order valence-electron chi connectivity index (χ0n) is 17.1. The molecule has 1 aliphatic heterocycles. The summed E-state index contributed by atoms with van der Waals surface area (Å²) in [5.74, 6) is 0.0269. The van der Waals surface area contributed by atoms with E-state index in [1.54, 1.807) is 17.4 Å². The Hall–Kier alpha value is -3.86. The van der Waals surface area contributed by atoms with E-state index in [0.29, 0.717) is 19.3 Å². The van der Waals surface area contributed by atoms with Crippen molar-refractivity contribution in [3.8, 4) is 0 Å². The second kappa shape index (κ2) is 8.48. The third-order valence-electron chi connectivity index (χ3n) is 5.62. The van der Waals surface area contributed by atoms with Crippen LogP contribution < -0.4 is 0 Å². The number of aryl methyl sites for hydroxylation is 1. The molecule has 2 heterocycles. The van der Waals surface area contributed by atoms with Crippen molar-refractivity contribution in [1.29, 1.82) is 0 Å². The number of fused-ring (bicyclic) bond motifs is 1. The van der Waals surface area contributed by atoms with Crippen LogP contribution in [0, 0.1) is 0 Å². The van der Waals surface area contributed by atoms with Crippen LogP contribution in [0.5, 0.6) is 0 Å². The number of carbonyl (C=O) groups excluding carboxylic acids is 1. The molecule has 5 rings (SSSR count). The lowest BCUT2D eigenvalue weighted by atomic mass is 9.97. The minimum absolute atomic E-state index is 0.0269. The zero-order chi connectivity index (χ0) is 21.0. The molecule has 0 saturated heterocycles. The Labute approximate surface area is 181 Å². The Morgan fingerprint density at radius 3 is 2.35 bits per heavy atom. The molecule has 1 amide bonds. The van der Waals surface area contributed by atoms with Gasteiger partial charge in [-0.3, -0.25) is 14.8 Å². The molecule has 0 saturated carbocycles. The number of nitrogens with zero attached hydrogens (tertiary/aromatic N) is 4. The number of amides is 1. The molecule has 3 aromatic carbocycles. The van der Waals surface area contributed by atoms with Gasteiger partial charge in [0.25, 0.3) is 0 Å². The number of hydrogen-bond acceptors (Lipinski definition) is 4. The molecule has 0 N–H and O–H groups in total. The van der Waals surface area contributed by atoms with Crippen molar-refractivity contribution in [3.05, 3.63) is 108 Å². The van der Waals surface area contributed by atoms with E-state index in [4.69, 9.17) is 5.10 Å². The van der Waals surface area contributed by atoms with Crippen LogP contribution in [0.2, 0.25) is 0 Å². The molecule has 1 aromatic heterocycles. The van der Waals surface area contributed by atoms with Gasteiger partial charge >= 0.3 is 0 Å². The normalized spacial score (nSPS) is 15.8. The molecule has 4 aromatic rings. The van der Waals surface area contributed by atoms with E-state index < -0.39 is 0 Å². The van der Waals surface area contributed by atoms with Gasteiger partial charge < -0.3 is 0 Å². The lowest BCUT2D eigenvalue weighted by Crippen LogP contribution is -2.27. The first-order valence-corrected chi connectivity index (χ1v) is 10.5. The molecule has 1 atom stereocenters. The fourth-order valence-corrected chi connectivity index (χ4v) is 4.00. The quantitative estimate of drug-likeness (QED) is 0.472. The van der Waals surface area contributed by atoms with Crippen LogP contribution in [0.25, 0.3) is 11.0 Å². The molecule has 5 heteroatoms. The lowest BCUT2D eigenvalue weighted by Gasteiger charge is -2.22. The highest BCUT2D eigenvalue weighted by Gasteiger charge is 2.33. The molecular formula is C26H22N4O. The fraction of sp³-hybridized carbons (Fsp3) is 0.154. The summed E-state index contributed by atoms with van der Waals surface area (Å²) in [4.78, 5) is 22.0. The standard InChI is InChI=1S/C26H22N4O/c31-26(14-11-19-7-3-1-4-8-19)30-25(18-23(29-30)20-9-5-2-6-10-20)21-12-13-22-24(17-21)28-16-15-27-22/h1-10,12-13,15-17,25H,11,14,18H2/t25-/m1/s1. The number of benzene rings is 3. The average Bonchev–Trinajstić information content (AvgIpc) is 3.29. The molecule has 0 unspecified atom stereocenters. The molecule has 152 valence electrons. The maximum absolute atomic E-state index is 13.2. The third-order valence-corrected chi connectivity index (χ3v) is 5.62. The summed E-state index contributed by atoms with van der Waals surface area (Å²) in [6, 6.07) is 26.0. The monoisotopic (exact) mass is 406 g/mol. The molecule has 0 fully saturated rings. The van der Waals surface area contributed by atoms with Gasteiger partial charge in [-0.1, -0.05) is 66.7 Å². The minimum Gasteiger partial charge on any atom is -0.273 e. The Morgan fingerprint density at radius 2 is 1.58 bits per heavy atom. The summed E-state index contributed by atoms with van der Waals surface area (Å²) >= 11 is 0. The van der Waals surface area contributed by atoms with E-state index in [0.717, 1.165) is 33.4 Å². The van der Waals surface area contributed by atoms with E-state index in [2.05, 4.69) is 22.1 Å². The molecule has 0 bridgehead atoms. The van der Waals surface area contributed by atoms with Gasteiger partial charge in [0.1, 0.15) is 0 Å². The maximum Gasteiger partial charge on any atom is 0.243 e. The van der Waals surface area contributed by atoms with Crippen LogP contribution in [0.15, 0.2) is 96.4 Å². The Kier molecular flexibility index (Phi) is 5.23. The second-order valence-corrected chi connectivity index (χ2v) is 7.66. The highest BCUT2D eigenvalue weighted by Crippen LogP contribution is 2.34. The molecule has 0 spiro atoms. The lowest BCUT2D eigenvalue weighted by molar-refractivity contribution is -0.132. The van der Waals surface area contributed by atoms with Crippen LogP contribution in [-0.2, 0) is 11.2 Å². The predicted molar refractivity (Wildman–Crippen MR) is 121 cm³/mol. The summed E-state index contributed by atoms with van der Waals surface area (Å²) in [6.45, 7) is 0. The smallest absolute Gasteiger partial charge is 0.243 e. The first-order valence-electron chi connectivity index (χ1n) is 10.5. The van der Waals surface area contributed by atoms with E-state index in [9.17, 15) is 4.79 Å². The van der Waals surface area contributed by atoms with Crippen molar-refractivity contribution < 1.29 is 4.79 Å². The van der Waals surface area contributed by atoms with Crippen molar-refractivity contribution in [2.75, 3.05) is 0 Å². The van der Waals surface area contributed by atoms with Crippen molar-refractivity contribution in [1.82, 2.24) is 15.0 Å². The van der Waals surface area contributed by atoms with Gasteiger partial charge in [0.05, 0.1) is 22.8 Å².